The van der Waals surface area contributed by atoms with Gasteiger partial charge in [0.2, 0.25) is 17.7 Å². The second-order valence-corrected chi connectivity index (χ2v) is 7.89. The van der Waals surface area contributed by atoms with Crippen LogP contribution in [0.1, 0.15) is 17.5 Å². The zero-order valence-corrected chi connectivity index (χ0v) is 17.4. The van der Waals surface area contributed by atoms with Gasteiger partial charge in [-0.2, -0.15) is 0 Å². The summed E-state index contributed by atoms with van der Waals surface area (Å²) >= 11 is 11.9. The third-order valence-electron chi connectivity index (χ3n) is 4.70. The largest absolute Gasteiger partial charge is 0.347 e. The number of rotatable bonds is 6. The highest BCUT2D eigenvalue weighted by atomic mass is 35.5. The molecular formula is C21H21Cl2N3O3. The number of halogens is 2. The van der Waals surface area contributed by atoms with Gasteiger partial charge in [0.05, 0.1) is 23.2 Å². The Morgan fingerprint density at radius 2 is 1.86 bits per heavy atom. The van der Waals surface area contributed by atoms with Crippen LogP contribution in [0.5, 0.6) is 0 Å². The summed E-state index contributed by atoms with van der Waals surface area (Å²) in [6.07, 6.45) is 0.138. The van der Waals surface area contributed by atoms with Crippen LogP contribution in [0.25, 0.3) is 0 Å². The maximum Gasteiger partial charge on any atom is 0.243 e. The van der Waals surface area contributed by atoms with E-state index in [1.54, 1.807) is 17.0 Å². The fourth-order valence-electron chi connectivity index (χ4n) is 3.11. The minimum atomic E-state index is -0.476. The van der Waals surface area contributed by atoms with Gasteiger partial charge in [-0.3, -0.25) is 14.4 Å². The summed E-state index contributed by atoms with van der Waals surface area (Å²) in [7, 11) is 0. The minimum Gasteiger partial charge on any atom is -0.347 e. The number of benzene rings is 2. The summed E-state index contributed by atoms with van der Waals surface area (Å²) in [6.45, 7) is 2.59. The summed E-state index contributed by atoms with van der Waals surface area (Å²) in [5, 5.41) is 5.98. The fraction of sp³-hybridized carbons (Fsp3) is 0.286. The molecule has 0 unspecified atom stereocenters. The number of aryl methyl sites for hydroxylation is 1. The molecule has 1 aliphatic heterocycles. The summed E-state index contributed by atoms with van der Waals surface area (Å²) < 4.78 is 0. The Bertz CT molecular complexity index is 931. The molecule has 3 rings (SSSR count). The average molecular weight is 434 g/mol. The van der Waals surface area contributed by atoms with Gasteiger partial charge in [-0.05, 0) is 30.7 Å². The van der Waals surface area contributed by atoms with E-state index in [4.69, 9.17) is 23.2 Å². The van der Waals surface area contributed by atoms with Crippen molar-refractivity contribution in [2.75, 3.05) is 18.4 Å². The number of anilines is 1. The van der Waals surface area contributed by atoms with E-state index >= 15 is 0 Å². The Labute approximate surface area is 179 Å². The Morgan fingerprint density at radius 1 is 1.14 bits per heavy atom. The first-order valence-electron chi connectivity index (χ1n) is 9.18. The molecule has 6 nitrogen and oxygen atoms in total. The van der Waals surface area contributed by atoms with Crippen LogP contribution in [0.15, 0.2) is 42.5 Å². The van der Waals surface area contributed by atoms with Crippen molar-refractivity contribution in [2.24, 2.45) is 5.92 Å². The monoisotopic (exact) mass is 433 g/mol. The van der Waals surface area contributed by atoms with Crippen LogP contribution in [0.4, 0.5) is 5.69 Å². The highest BCUT2D eigenvalue weighted by Gasteiger charge is 2.34. The molecule has 1 fully saturated rings. The maximum absolute atomic E-state index is 12.4. The molecule has 0 radical (unpaired) electrons. The van der Waals surface area contributed by atoms with E-state index < -0.39 is 11.8 Å². The smallest absolute Gasteiger partial charge is 0.243 e. The van der Waals surface area contributed by atoms with Gasteiger partial charge in [-0.25, -0.2) is 0 Å². The lowest BCUT2D eigenvalue weighted by atomic mass is 10.1. The third kappa shape index (κ3) is 5.71. The number of amides is 3. The van der Waals surface area contributed by atoms with Crippen molar-refractivity contribution >= 4 is 46.6 Å². The number of carbonyl (C=O) groups is 3. The zero-order chi connectivity index (χ0) is 21.0. The lowest BCUT2D eigenvalue weighted by Gasteiger charge is -2.17. The quantitative estimate of drug-likeness (QED) is 0.732. The van der Waals surface area contributed by atoms with E-state index in [-0.39, 0.29) is 24.8 Å². The van der Waals surface area contributed by atoms with Crippen molar-refractivity contribution in [3.63, 3.8) is 0 Å². The van der Waals surface area contributed by atoms with Gasteiger partial charge in [0, 0.05) is 24.5 Å². The predicted molar refractivity (Wildman–Crippen MR) is 113 cm³/mol. The van der Waals surface area contributed by atoms with Crippen LogP contribution >= 0.6 is 23.2 Å². The van der Waals surface area contributed by atoms with E-state index in [1.165, 1.54) is 6.07 Å². The molecule has 1 saturated heterocycles. The molecule has 152 valence electrons. The second kappa shape index (κ2) is 9.29. The second-order valence-electron chi connectivity index (χ2n) is 7.05. The number of hydrogen-bond donors (Lipinski definition) is 2. The lowest BCUT2D eigenvalue weighted by molar-refractivity contribution is -0.129. The van der Waals surface area contributed by atoms with Gasteiger partial charge in [-0.15, -0.1) is 0 Å². The molecule has 0 bridgehead atoms. The van der Waals surface area contributed by atoms with Crippen LogP contribution in [-0.4, -0.2) is 35.7 Å². The Kier molecular flexibility index (Phi) is 6.77. The van der Waals surface area contributed by atoms with Crippen LogP contribution in [0.2, 0.25) is 10.0 Å². The van der Waals surface area contributed by atoms with Gasteiger partial charge in [-0.1, -0.05) is 53.0 Å². The predicted octanol–water partition coefficient (Wildman–Crippen LogP) is 3.41. The molecule has 2 N–H and O–H groups in total. The maximum atomic E-state index is 12.4. The molecule has 1 atom stereocenters. The van der Waals surface area contributed by atoms with Crippen molar-refractivity contribution in [3.05, 3.63) is 63.6 Å². The zero-order valence-electron chi connectivity index (χ0n) is 15.9. The van der Waals surface area contributed by atoms with Crippen LogP contribution in [0, 0.1) is 12.8 Å². The Morgan fingerprint density at radius 3 is 2.59 bits per heavy atom. The van der Waals surface area contributed by atoms with E-state index in [9.17, 15) is 14.4 Å². The first-order chi connectivity index (χ1) is 13.8. The number of carbonyl (C=O) groups excluding carboxylic acids is 3. The Hall–Kier alpha value is -2.57. The fourth-order valence-corrected chi connectivity index (χ4v) is 3.45. The average Bonchev–Trinajstić information content (AvgIpc) is 3.05. The molecule has 3 amide bonds. The van der Waals surface area contributed by atoms with Crippen molar-refractivity contribution in [2.45, 2.75) is 19.9 Å². The van der Waals surface area contributed by atoms with Gasteiger partial charge < -0.3 is 15.5 Å². The topological polar surface area (TPSA) is 78.5 Å². The van der Waals surface area contributed by atoms with Gasteiger partial charge in [0.15, 0.2) is 0 Å². The highest BCUT2D eigenvalue weighted by Crippen LogP contribution is 2.25. The molecule has 2 aromatic rings. The van der Waals surface area contributed by atoms with Crippen LogP contribution in [0.3, 0.4) is 0 Å². The van der Waals surface area contributed by atoms with Crippen LogP contribution < -0.4 is 10.6 Å². The molecule has 8 heteroatoms. The molecule has 1 aliphatic rings. The summed E-state index contributed by atoms with van der Waals surface area (Å²) in [5.41, 5.74) is 2.54. The van der Waals surface area contributed by atoms with Crippen molar-refractivity contribution in [3.8, 4) is 0 Å². The van der Waals surface area contributed by atoms with Gasteiger partial charge in [0.25, 0.3) is 0 Å². The standard InChI is InChI=1S/C21H21Cl2N3O3/c1-13-2-4-14(5-3-13)11-26-12-15(8-20(26)28)21(29)24-10-19(27)25-18-9-16(22)6-7-17(18)23/h2-7,9,15H,8,10-12H2,1H3,(H,24,29)(H,25,27)/t15-/m1/s1. The summed E-state index contributed by atoms with van der Waals surface area (Å²) in [4.78, 5) is 38.4. The van der Waals surface area contributed by atoms with E-state index in [0.29, 0.717) is 28.8 Å². The van der Waals surface area contributed by atoms with Crippen molar-refractivity contribution in [1.29, 1.82) is 0 Å². The molecule has 0 spiro atoms. The Balaban J connectivity index is 1.49. The molecular weight excluding hydrogens is 413 g/mol. The third-order valence-corrected chi connectivity index (χ3v) is 5.27. The van der Waals surface area contributed by atoms with E-state index in [0.717, 1.165) is 11.1 Å². The molecule has 0 aromatic heterocycles. The van der Waals surface area contributed by atoms with Crippen molar-refractivity contribution < 1.29 is 14.4 Å². The van der Waals surface area contributed by atoms with Gasteiger partial charge in [0.1, 0.15) is 0 Å². The molecule has 29 heavy (non-hydrogen) atoms. The first-order valence-corrected chi connectivity index (χ1v) is 9.93. The number of likely N-dealkylation sites (tertiary alicyclic amines) is 1. The normalized spacial score (nSPS) is 16.0. The molecule has 0 saturated carbocycles. The summed E-state index contributed by atoms with van der Waals surface area (Å²) in [5.74, 6) is -1.29. The number of hydrogen-bond acceptors (Lipinski definition) is 3. The minimum absolute atomic E-state index is 0.0686. The number of nitrogens with zero attached hydrogens (tertiary/aromatic N) is 1. The van der Waals surface area contributed by atoms with Crippen molar-refractivity contribution in [1.82, 2.24) is 10.2 Å². The SMILES string of the molecule is Cc1ccc(CN2C[C@H](C(=O)NCC(=O)Nc3cc(Cl)ccc3Cl)CC2=O)cc1. The molecule has 2 aromatic carbocycles. The summed E-state index contributed by atoms with van der Waals surface area (Å²) in [6, 6.07) is 12.6. The lowest BCUT2D eigenvalue weighted by Crippen LogP contribution is -2.37. The number of nitrogens with one attached hydrogen (secondary N) is 2. The molecule has 1 heterocycles. The molecule has 0 aliphatic carbocycles. The van der Waals surface area contributed by atoms with Gasteiger partial charge >= 0.3 is 0 Å². The highest BCUT2D eigenvalue weighted by molar-refractivity contribution is 6.35. The van der Waals surface area contributed by atoms with E-state index in [1.807, 2.05) is 31.2 Å². The van der Waals surface area contributed by atoms with E-state index in [2.05, 4.69) is 10.6 Å². The van der Waals surface area contributed by atoms with Crippen LogP contribution in [-0.2, 0) is 20.9 Å². The first kappa shape index (κ1) is 21.1.